The predicted octanol–water partition coefficient (Wildman–Crippen LogP) is 3.47. The summed E-state index contributed by atoms with van der Waals surface area (Å²) in [4.78, 5) is 0. The Morgan fingerprint density at radius 3 is 2.40 bits per heavy atom. The zero-order valence-corrected chi connectivity index (χ0v) is 20.8. The minimum absolute atomic E-state index is 0.0265. The van der Waals surface area contributed by atoms with E-state index < -0.39 is 8.32 Å². The number of hydrogen-bond donors (Lipinski definition) is 1. The molecule has 0 aromatic carbocycles. The largest absolute Gasteiger partial charge is 0.411 e. The number of rotatable bonds is 11. The lowest BCUT2D eigenvalue weighted by Gasteiger charge is -2.40. The first kappa shape index (κ1) is 25.9. The molecule has 0 aromatic heterocycles. The zero-order valence-electron chi connectivity index (χ0n) is 19.8. The summed E-state index contributed by atoms with van der Waals surface area (Å²) in [6.07, 6.45) is 4.46. The van der Waals surface area contributed by atoms with Gasteiger partial charge in [0.2, 0.25) is 0 Å². The Kier molecular flexibility index (Phi) is 9.95. The molecule has 0 saturated carbocycles. The van der Waals surface area contributed by atoms with E-state index in [9.17, 15) is 5.11 Å². The number of methoxy groups -OCH3 is 1. The second-order valence-corrected chi connectivity index (χ2v) is 14.6. The standard InChI is InChI=1S/C22H42O7Si/c1-16(12-20-25-10-11-26-20)8-9-18(27-15-24-5)21-19(13-17(14-23)28-21)29-30(6,7)22(2,3)4/h8-9,16-21,23H,10-15H2,1-7H3/b9-8+/t16-,17+,18+,19-,21-/m0/s1. The van der Waals surface area contributed by atoms with Gasteiger partial charge in [-0.25, -0.2) is 0 Å². The van der Waals surface area contributed by atoms with Gasteiger partial charge in [-0.2, -0.15) is 0 Å². The van der Waals surface area contributed by atoms with Gasteiger partial charge in [-0.15, -0.1) is 0 Å². The molecule has 1 N–H and O–H groups in total. The highest BCUT2D eigenvalue weighted by molar-refractivity contribution is 6.74. The van der Waals surface area contributed by atoms with Crippen LogP contribution in [0.2, 0.25) is 18.1 Å². The van der Waals surface area contributed by atoms with Gasteiger partial charge in [0.15, 0.2) is 14.6 Å². The van der Waals surface area contributed by atoms with Crippen LogP contribution < -0.4 is 0 Å². The maximum Gasteiger partial charge on any atom is 0.192 e. The van der Waals surface area contributed by atoms with Crippen molar-refractivity contribution in [1.29, 1.82) is 0 Å². The Labute approximate surface area is 183 Å². The molecule has 0 bridgehead atoms. The Morgan fingerprint density at radius 1 is 1.17 bits per heavy atom. The van der Waals surface area contributed by atoms with Gasteiger partial charge in [-0.1, -0.05) is 39.8 Å². The summed E-state index contributed by atoms with van der Waals surface area (Å²) in [6.45, 7) is 14.7. The van der Waals surface area contributed by atoms with Gasteiger partial charge in [0, 0.05) is 20.0 Å². The Balaban J connectivity index is 2.11. The van der Waals surface area contributed by atoms with Crippen LogP contribution >= 0.6 is 0 Å². The van der Waals surface area contributed by atoms with Gasteiger partial charge in [0.25, 0.3) is 0 Å². The molecule has 7 nitrogen and oxygen atoms in total. The average molecular weight is 447 g/mol. The SMILES string of the molecule is COCO[C@H](/C=C/[C@H](C)CC1OCCO1)[C@@H]1O[C@@H](CO)C[C@@H]1O[Si](C)(C)C(C)(C)C. The lowest BCUT2D eigenvalue weighted by atomic mass is 10.0. The van der Waals surface area contributed by atoms with E-state index in [2.05, 4.69) is 46.9 Å². The lowest BCUT2D eigenvalue weighted by molar-refractivity contribution is -0.124. The molecule has 2 saturated heterocycles. The van der Waals surface area contributed by atoms with Crippen LogP contribution in [-0.2, 0) is 28.1 Å². The van der Waals surface area contributed by atoms with Crippen molar-refractivity contribution in [3.8, 4) is 0 Å². The van der Waals surface area contributed by atoms with E-state index in [-0.39, 0.29) is 55.1 Å². The molecule has 0 spiro atoms. The van der Waals surface area contributed by atoms with Crippen LogP contribution in [0.15, 0.2) is 12.2 Å². The first-order valence-corrected chi connectivity index (χ1v) is 13.9. The van der Waals surface area contributed by atoms with Gasteiger partial charge in [-0.3, -0.25) is 0 Å². The number of ether oxygens (including phenoxy) is 5. The summed E-state index contributed by atoms with van der Waals surface area (Å²) >= 11 is 0. The maximum atomic E-state index is 9.71. The molecule has 2 aliphatic rings. The summed E-state index contributed by atoms with van der Waals surface area (Å²) in [5, 5.41) is 9.80. The fourth-order valence-corrected chi connectivity index (χ4v) is 4.81. The fourth-order valence-electron chi connectivity index (χ4n) is 3.47. The molecule has 0 unspecified atom stereocenters. The van der Waals surface area contributed by atoms with Gasteiger partial charge in [0.1, 0.15) is 19.0 Å². The molecule has 2 fully saturated rings. The van der Waals surface area contributed by atoms with Crippen LogP contribution in [0.5, 0.6) is 0 Å². The van der Waals surface area contributed by atoms with Crippen molar-refractivity contribution < 1.29 is 33.2 Å². The third-order valence-corrected chi connectivity index (χ3v) is 10.8. The molecule has 2 rings (SSSR count). The quantitative estimate of drug-likeness (QED) is 0.296. The third-order valence-electron chi connectivity index (χ3n) is 6.25. The van der Waals surface area contributed by atoms with Crippen molar-refractivity contribution in [2.45, 2.75) is 89.4 Å². The molecule has 2 heterocycles. The molecule has 30 heavy (non-hydrogen) atoms. The fraction of sp³-hybridized carbons (Fsp3) is 0.909. The molecular weight excluding hydrogens is 404 g/mol. The van der Waals surface area contributed by atoms with Gasteiger partial charge in [-0.05, 0) is 24.1 Å². The molecule has 0 aliphatic carbocycles. The lowest BCUT2D eigenvalue weighted by Crippen LogP contribution is -2.48. The van der Waals surface area contributed by atoms with Crippen molar-refractivity contribution in [3.63, 3.8) is 0 Å². The van der Waals surface area contributed by atoms with Gasteiger partial charge < -0.3 is 33.2 Å². The van der Waals surface area contributed by atoms with E-state index in [1.54, 1.807) is 7.11 Å². The van der Waals surface area contributed by atoms with Crippen molar-refractivity contribution in [3.05, 3.63) is 12.2 Å². The van der Waals surface area contributed by atoms with Crippen LogP contribution in [0, 0.1) is 5.92 Å². The number of aliphatic hydroxyl groups is 1. The summed E-state index contributed by atoms with van der Waals surface area (Å²) in [5.74, 6) is 0.261. The van der Waals surface area contributed by atoms with Crippen LogP contribution in [0.4, 0.5) is 0 Å². The van der Waals surface area contributed by atoms with E-state index in [4.69, 9.17) is 28.1 Å². The number of allylic oxidation sites excluding steroid dienone is 1. The third kappa shape index (κ3) is 7.38. The van der Waals surface area contributed by atoms with Crippen LogP contribution in [-0.4, -0.2) is 77.9 Å². The Hall–Kier alpha value is -0.323. The minimum Gasteiger partial charge on any atom is -0.411 e. The van der Waals surface area contributed by atoms with Gasteiger partial charge >= 0.3 is 0 Å². The normalized spacial score (nSPS) is 28.5. The summed E-state index contributed by atoms with van der Waals surface area (Å²) in [6, 6.07) is 0. The molecule has 0 radical (unpaired) electrons. The molecule has 176 valence electrons. The van der Waals surface area contributed by atoms with E-state index >= 15 is 0 Å². The minimum atomic E-state index is -2.01. The molecule has 2 aliphatic heterocycles. The van der Waals surface area contributed by atoms with Crippen LogP contribution in [0.1, 0.15) is 40.5 Å². The molecule has 0 amide bonds. The number of aliphatic hydroxyl groups excluding tert-OH is 1. The van der Waals surface area contributed by atoms with Crippen LogP contribution in [0.25, 0.3) is 0 Å². The van der Waals surface area contributed by atoms with E-state index in [1.165, 1.54) is 0 Å². The van der Waals surface area contributed by atoms with Crippen molar-refractivity contribution in [2.75, 3.05) is 33.7 Å². The first-order valence-electron chi connectivity index (χ1n) is 11.0. The highest BCUT2D eigenvalue weighted by Crippen LogP contribution is 2.40. The highest BCUT2D eigenvalue weighted by atomic mass is 28.4. The topological polar surface area (TPSA) is 75.6 Å². The zero-order chi connectivity index (χ0) is 22.4. The Morgan fingerprint density at radius 2 is 1.83 bits per heavy atom. The molecule has 0 aromatic rings. The molecule has 5 atom stereocenters. The summed E-state index contributed by atoms with van der Waals surface area (Å²) < 4.78 is 35.1. The second-order valence-electron chi connectivity index (χ2n) is 9.86. The first-order chi connectivity index (χ1) is 14.1. The van der Waals surface area contributed by atoms with E-state index in [0.717, 1.165) is 6.42 Å². The van der Waals surface area contributed by atoms with E-state index in [0.29, 0.717) is 19.6 Å². The smallest absolute Gasteiger partial charge is 0.192 e. The van der Waals surface area contributed by atoms with Crippen molar-refractivity contribution in [1.82, 2.24) is 0 Å². The van der Waals surface area contributed by atoms with Crippen molar-refractivity contribution in [2.24, 2.45) is 5.92 Å². The molecule has 8 heteroatoms. The highest BCUT2D eigenvalue weighted by Gasteiger charge is 2.46. The van der Waals surface area contributed by atoms with Gasteiger partial charge in [0.05, 0.1) is 32.0 Å². The summed E-state index contributed by atoms with van der Waals surface area (Å²) in [5.41, 5.74) is 0. The number of hydrogen-bond acceptors (Lipinski definition) is 7. The predicted molar refractivity (Wildman–Crippen MR) is 118 cm³/mol. The van der Waals surface area contributed by atoms with E-state index in [1.807, 2.05) is 6.08 Å². The van der Waals surface area contributed by atoms with Crippen molar-refractivity contribution >= 4 is 8.32 Å². The maximum absolute atomic E-state index is 9.71. The second kappa shape index (κ2) is 11.5. The monoisotopic (exact) mass is 446 g/mol. The average Bonchev–Trinajstić information content (AvgIpc) is 3.30. The summed E-state index contributed by atoms with van der Waals surface area (Å²) in [7, 11) is -0.401. The van der Waals surface area contributed by atoms with Crippen LogP contribution in [0.3, 0.4) is 0 Å². The molecular formula is C22H42O7Si. The Bertz CT molecular complexity index is 528.